The molecule has 1 atom stereocenters. The number of fused-ring (bicyclic) bond motifs is 1. The molecule has 6 heteroatoms. The fourth-order valence-corrected chi connectivity index (χ4v) is 4.30. The Labute approximate surface area is 150 Å². The Balaban J connectivity index is 1.41. The van der Waals surface area contributed by atoms with Gasteiger partial charge in [-0.15, -0.1) is 0 Å². The first-order valence-electron chi connectivity index (χ1n) is 9.72. The number of hydrogen-bond donors (Lipinski definition) is 0. The Kier molecular flexibility index (Phi) is 4.90. The van der Waals surface area contributed by atoms with Gasteiger partial charge in [-0.1, -0.05) is 6.92 Å². The van der Waals surface area contributed by atoms with Crippen molar-refractivity contribution in [1.82, 2.24) is 24.4 Å². The summed E-state index contributed by atoms with van der Waals surface area (Å²) in [5.41, 5.74) is 2.11. The average molecular weight is 342 g/mol. The highest BCUT2D eigenvalue weighted by molar-refractivity contribution is 5.51. The molecular formula is C19H30N6. The topological polar surface area (TPSA) is 39.9 Å². The molecule has 0 radical (unpaired) electrons. The predicted molar refractivity (Wildman–Crippen MR) is 101 cm³/mol. The Morgan fingerprint density at radius 3 is 2.76 bits per heavy atom. The Bertz CT molecular complexity index is 703. The van der Waals surface area contributed by atoms with Crippen molar-refractivity contribution in [3.63, 3.8) is 0 Å². The number of hydrogen-bond acceptors (Lipinski definition) is 5. The second kappa shape index (κ2) is 7.30. The first-order chi connectivity index (χ1) is 12.2. The molecule has 4 rings (SSSR count). The molecule has 25 heavy (non-hydrogen) atoms. The SMILES string of the molecule is CCc1cc(N2CCN(C[C@H]3CCCN(C)C3)CC2)n2nccc2n1. The fraction of sp³-hybridized carbons (Fsp3) is 0.684. The second-order valence-electron chi connectivity index (χ2n) is 7.62. The zero-order valence-corrected chi connectivity index (χ0v) is 15.6. The maximum Gasteiger partial charge on any atom is 0.157 e. The van der Waals surface area contributed by atoms with E-state index in [4.69, 9.17) is 0 Å². The van der Waals surface area contributed by atoms with Gasteiger partial charge in [0.05, 0.1) is 6.20 Å². The van der Waals surface area contributed by atoms with Crippen LogP contribution < -0.4 is 4.90 Å². The molecule has 2 aliphatic heterocycles. The average Bonchev–Trinajstić information content (AvgIpc) is 3.10. The van der Waals surface area contributed by atoms with Gasteiger partial charge in [0, 0.05) is 57.1 Å². The van der Waals surface area contributed by atoms with Crippen LogP contribution in [0.5, 0.6) is 0 Å². The van der Waals surface area contributed by atoms with Crippen molar-refractivity contribution in [1.29, 1.82) is 0 Å². The quantitative estimate of drug-likeness (QED) is 0.847. The maximum absolute atomic E-state index is 4.67. The first-order valence-corrected chi connectivity index (χ1v) is 9.72. The van der Waals surface area contributed by atoms with Gasteiger partial charge in [-0.2, -0.15) is 9.61 Å². The Morgan fingerprint density at radius 2 is 2.00 bits per heavy atom. The standard InChI is InChI=1S/C19H30N6/c1-3-17-13-19(25-18(21-17)6-7-20-25)24-11-9-23(10-12-24)15-16-5-4-8-22(2)14-16/h6-7,13,16H,3-5,8-12,14-15H2,1-2H3/t16-/m0/s1. The highest BCUT2D eigenvalue weighted by Crippen LogP contribution is 2.21. The Hall–Kier alpha value is -1.66. The van der Waals surface area contributed by atoms with Gasteiger partial charge >= 0.3 is 0 Å². The molecule has 2 aromatic rings. The van der Waals surface area contributed by atoms with Crippen LogP contribution in [0.3, 0.4) is 0 Å². The van der Waals surface area contributed by atoms with Gasteiger partial charge in [0.25, 0.3) is 0 Å². The van der Waals surface area contributed by atoms with Crippen LogP contribution in [-0.4, -0.2) is 77.3 Å². The van der Waals surface area contributed by atoms with Crippen LogP contribution in [0.1, 0.15) is 25.5 Å². The number of rotatable bonds is 4. The summed E-state index contributed by atoms with van der Waals surface area (Å²) in [5.74, 6) is 2.04. The van der Waals surface area contributed by atoms with E-state index in [1.54, 1.807) is 0 Å². The molecule has 0 unspecified atom stereocenters. The summed E-state index contributed by atoms with van der Waals surface area (Å²) in [7, 11) is 2.26. The summed E-state index contributed by atoms with van der Waals surface area (Å²) in [4.78, 5) is 12.3. The highest BCUT2D eigenvalue weighted by Gasteiger charge is 2.24. The summed E-state index contributed by atoms with van der Waals surface area (Å²) in [5, 5.41) is 4.48. The molecule has 0 N–H and O–H groups in total. The highest BCUT2D eigenvalue weighted by atomic mass is 15.4. The Morgan fingerprint density at radius 1 is 1.16 bits per heavy atom. The van der Waals surface area contributed by atoms with Crippen molar-refractivity contribution in [2.24, 2.45) is 5.92 Å². The minimum atomic E-state index is 0.843. The molecule has 0 spiro atoms. The zero-order valence-electron chi connectivity index (χ0n) is 15.6. The second-order valence-corrected chi connectivity index (χ2v) is 7.62. The first kappa shape index (κ1) is 16.8. The molecule has 0 saturated carbocycles. The fourth-order valence-electron chi connectivity index (χ4n) is 4.30. The maximum atomic E-state index is 4.67. The number of anilines is 1. The number of piperazine rings is 1. The van der Waals surface area contributed by atoms with Gasteiger partial charge in [0.1, 0.15) is 5.82 Å². The molecule has 2 aromatic heterocycles. The molecule has 136 valence electrons. The van der Waals surface area contributed by atoms with E-state index >= 15 is 0 Å². The lowest BCUT2D eigenvalue weighted by atomic mass is 9.97. The third kappa shape index (κ3) is 3.65. The van der Waals surface area contributed by atoms with E-state index in [2.05, 4.69) is 44.8 Å². The molecule has 2 fully saturated rings. The molecule has 4 heterocycles. The molecule has 0 aromatic carbocycles. The van der Waals surface area contributed by atoms with Crippen molar-refractivity contribution in [3.8, 4) is 0 Å². The third-order valence-electron chi connectivity index (χ3n) is 5.69. The summed E-state index contributed by atoms with van der Waals surface area (Å²) in [6.45, 7) is 10.4. The number of piperidine rings is 1. The van der Waals surface area contributed by atoms with Gasteiger partial charge in [0.15, 0.2) is 5.65 Å². The van der Waals surface area contributed by atoms with Crippen molar-refractivity contribution < 1.29 is 0 Å². The van der Waals surface area contributed by atoms with E-state index in [-0.39, 0.29) is 0 Å². The van der Waals surface area contributed by atoms with Gasteiger partial charge in [0.2, 0.25) is 0 Å². The molecule has 0 aliphatic carbocycles. The number of likely N-dealkylation sites (tertiary alicyclic amines) is 1. The van der Waals surface area contributed by atoms with Crippen LogP contribution >= 0.6 is 0 Å². The monoisotopic (exact) mass is 342 g/mol. The summed E-state index contributed by atoms with van der Waals surface area (Å²) >= 11 is 0. The van der Waals surface area contributed by atoms with Crippen molar-refractivity contribution >= 4 is 11.5 Å². The van der Waals surface area contributed by atoms with E-state index in [1.807, 2.05) is 16.8 Å². The van der Waals surface area contributed by atoms with Gasteiger partial charge in [-0.25, -0.2) is 4.98 Å². The van der Waals surface area contributed by atoms with Crippen molar-refractivity contribution in [2.75, 3.05) is 57.8 Å². The third-order valence-corrected chi connectivity index (χ3v) is 5.69. The summed E-state index contributed by atoms with van der Waals surface area (Å²) < 4.78 is 1.99. The summed E-state index contributed by atoms with van der Waals surface area (Å²) in [6, 6.07) is 4.21. The van der Waals surface area contributed by atoms with E-state index in [9.17, 15) is 0 Å². The van der Waals surface area contributed by atoms with Crippen molar-refractivity contribution in [2.45, 2.75) is 26.2 Å². The molecular weight excluding hydrogens is 312 g/mol. The van der Waals surface area contributed by atoms with Crippen LogP contribution in [0.4, 0.5) is 5.82 Å². The van der Waals surface area contributed by atoms with Crippen molar-refractivity contribution in [3.05, 3.63) is 24.0 Å². The van der Waals surface area contributed by atoms with E-state index in [0.717, 1.165) is 49.9 Å². The lowest BCUT2D eigenvalue weighted by molar-refractivity contribution is 0.147. The summed E-state index contributed by atoms with van der Waals surface area (Å²) in [6.07, 6.45) is 5.56. The van der Waals surface area contributed by atoms with Gasteiger partial charge < -0.3 is 9.80 Å². The van der Waals surface area contributed by atoms with Gasteiger partial charge in [-0.3, -0.25) is 4.90 Å². The largest absolute Gasteiger partial charge is 0.354 e. The molecule has 6 nitrogen and oxygen atoms in total. The smallest absolute Gasteiger partial charge is 0.157 e. The van der Waals surface area contributed by atoms with Crippen LogP contribution in [0.25, 0.3) is 5.65 Å². The van der Waals surface area contributed by atoms with Crippen LogP contribution in [0, 0.1) is 5.92 Å². The number of aryl methyl sites for hydroxylation is 1. The van der Waals surface area contributed by atoms with E-state index < -0.39 is 0 Å². The van der Waals surface area contributed by atoms with Crippen LogP contribution in [-0.2, 0) is 6.42 Å². The molecule has 0 amide bonds. The predicted octanol–water partition coefficient (Wildman–Crippen LogP) is 1.76. The van der Waals surface area contributed by atoms with Crippen LogP contribution in [0.2, 0.25) is 0 Å². The minimum absolute atomic E-state index is 0.843. The minimum Gasteiger partial charge on any atom is -0.354 e. The normalized spacial score (nSPS) is 23.4. The molecule has 0 bridgehead atoms. The van der Waals surface area contributed by atoms with E-state index in [0.29, 0.717) is 0 Å². The zero-order chi connectivity index (χ0) is 17.2. The lowest BCUT2D eigenvalue weighted by Crippen LogP contribution is -2.49. The number of aromatic nitrogens is 3. The lowest BCUT2D eigenvalue weighted by Gasteiger charge is -2.39. The molecule has 2 saturated heterocycles. The van der Waals surface area contributed by atoms with Gasteiger partial charge in [-0.05, 0) is 38.8 Å². The van der Waals surface area contributed by atoms with Crippen LogP contribution in [0.15, 0.2) is 18.3 Å². The van der Waals surface area contributed by atoms with E-state index in [1.165, 1.54) is 38.3 Å². The molecule has 2 aliphatic rings. The number of nitrogens with zero attached hydrogens (tertiary/aromatic N) is 6.